The summed E-state index contributed by atoms with van der Waals surface area (Å²) in [6.07, 6.45) is -18.9. The van der Waals surface area contributed by atoms with Gasteiger partial charge in [-0.15, -0.1) is 0 Å². The normalized spacial score (nSPS) is 11.5. The van der Waals surface area contributed by atoms with Crippen LogP contribution in [-0.2, 0) is 45.6 Å². The molecular formula is C43H28Cl4F12N2O9. The van der Waals surface area contributed by atoms with Gasteiger partial charge in [-0.05, 0) is 79.7 Å². The van der Waals surface area contributed by atoms with Gasteiger partial charge in [0, 0.05) is 34.4 Å². The quantitative estimate of drug-likeness (QED) is 0.0669. The van der Waals surface area contributed by atoms with Gasteiger partial charge < -0.3 is 23.6 Å². The van der Waals surface area contributed by atoms with Crippen LogP contribution in [0, 0.1) is 0 Å². The van der Waals surface area contributed by atoms with Crippen molar-refractivity contribution in [3.8, 4) is 22.6 Å². The molecule has 6 rings (SSSR count). The summed E-state index contributed by atoms with van der Waals surface area (Å²) in [7, 11) is 2.24. The number of hydrogen-bond acceptors (Lipinski definition) is 11. The molecule has 0 aliphatic heterocycles. The number of aliphatic hydroxyl groups is 1. The van der Waals surface area contributed by atoms with Gasteiger partial charge >= 0.3 is 36.6 Å². The van der Waals surface area contributed by atoms with Crippen molar-refractivity contribution in [2.75, 3.05) is 14.2 Å². The maximum Gasteiger partial charge on any atom is 0.417 e. The molecule has 0 saturated heterocycles. The van der Waals surface area contributed by atoms with Crippen LogP contribution in [0.25, 0.3) is 22.6 Å². The summed E-state index contributed by atoms with van der Waals surface area (Å²) >= 11 is 21.8. The number of ether oxygens (including phenoxy) is 2. The molecule has 11 nitrogen and oxygen atoms in total. The zero-order valence-corrected chi connectivity index (χ0v) is 38.2. The third-order valence-electron chi connectivity index (χ3n) is 8.54. The minimum Gasteiger partial charge on any atom is -0.469 e. The van der Waals surface area contributed by atoms with Crippen LogP contribution >= 0.6 is 46.4 Å². The molecule has 376 valence electrons. The number of carbonyl (C=O) groups excluding carboxylic acids is 4. The third-order valence-corrected chi connectivity index (χ3v) is 9.86. The fraction of sp³-hybridized carbons (Fsp3) is 0.209. The lowest BCUT2D eigenvalue weighted by Gasteiger charge is -2.10. The number of hydrogen-bond donors (Lipinski definition) is 1. The van der Waals surface area contributed by atoms with Gasteiger partial charge in [0.05, 0.1) is 63.2 Å². The smallest absolute Gasteiger partial charge is 0.417 e. The first-order valence-electron chi connectivity index (χ1n) is 18.5. The van der Waals surface area contributed by atoms with E-state index in [4.69, 9.17) is 60.6 Å². The molecule has 70 heavy (non-hydrogen) atoms. The Morgan fingerprint density at radius 3 is 1.31 bits per heavy atom. The molecule has 0 spiro atoms. The Balaban J connectivity index is 0.000000249. The zero-order chi connectivity index (χ0) is 53.1. The van der Waals surface area contributed by atoms with Crippen molar-refractivity contribution in [2.45, 2.75) is 44.7 Å². The molecule has 0 aliphatic rings. The van der Waals surface area contributed by atoms with E-state index in [1.807, 2.05) is 0 Å². The zero-order valence-electron chi connectivity index (χ0n) is 35.2. The van der Waals surface area contributed by atoms with E-state index in [0.717, 1.165) is 62.8 Å². The van der Waals surface area contributed by atoms with E-state index in [0.29, 0.717) is 6.07 Å². The van der Waals surface area contributed by atoms with Gasteiger partial charge in [-0.25, -0.2) is 4.79 Å². The number of carbonyl (C=O) groups is 4. The average Bonchev–Trinajstić information content (AvgIpc) is 3.97. The first-order chi connectivity index (χ1) is 32.3. The van der Waals surface area contributed by atoms with Gasteiger partial charge in [-0.1, -0.05) is 56.7 Å². The summed E-state index contributed by atoms with van der Waals surface area (Å²) in [5.41, 5.74) is -3.86. The largest absolute Gasteiger partial charge is 0.469 e. The van der Waals surface area contributed by atoms with Gasteiger partial charge in [0.1, 0.15) is 12.1 Å². The molecular weight excluding hydrogens is 1060 g/mol. The molecule has 2 heterocycles. The van der Waals surface area contributed by atoms with E-state index in [2.05, 4.69) is 19.8 Å². The van der Waals surface area contributed by atoms with Crippen LogP contribution in [0.2, 0.25) is 20.1 Å². The lowest BCUT2D eigenvalue weighted by atomic mass is 10.0. The maximum atomic E-state index is 12.7. The number of rotatable bonds is 8. The van der Waals surface area contributed by atoms with E-state index < -0.39 is 92.0 Å². The number of esters is 2. The maximum absolute atomic E-state index is 12.7. The van der Waals surface area contributed by atoms with Crippen LogP contribution in [0.15, 0.2) is 94.0 Å². The Morgan fingerprint density at radius 2 is 0.929 bits per heavy atom. The number of ketones is 2. The fourth-order valence-corrected chi connectivity index (χ4v) is 6.01. The highest BCUT2D eigenvalue weighted by molar-refractivity contribution is 6.32. The van der Waals surface area contributed by atoms with Crippen molar-refractivity contribution in [1.82, 2.24) is 10.3 Å². The van der Waals surface area contributed by atoms with Crippen molar-refractivity contribution in [3.63, 3.8) is 0 Å². The fourth-order valence-electron chi connectivity index (χ4n) is 5.11. The van der Waals surface area contributed by atoms with Gasteiger partial charge in [0.25, 0.3) is 0 Å². The molecule has 0 radical (unpaired) electrons. The summed E-state index contributed by atoms with van der Waals surface area (Å²) in [5, 5.41) is 14.0. The Hall–Kier alpha value is -6.14. The molecule has 6 aromatic rings. The molecule has 0 amide bonds. The Bertz CT molecular complexity index is 2820. The minimum atomic E-state index is -4.65. The molecule has 4 aromatic carbocycles. The van der Waals surface area contributed by atoms with E-state index in [1.165, 1.54) is 37.3 Å². The second-order valence-electron chi connectivity index (χ2n) is 13.4. The lowest BCUT2D eigenvalue weighted by molar-refractivity contribution is -0.140. The number of alkyl halides is 12. The van der Waals surface area contributed by atoms with Crippen LogP contribution in [0.1, 0.15) is 72.5 Å². The number of benzene rings is 4. The van der Waals surface area contributed by atoms with Gasteiger partial charge in [0.2, 0.25) is 0 Å². The molecule has 27 heteroatoms. The minimum absolute atomic E-state index is 0.00160. The molecule has 0 fully saturated rings. The first-order valence-corrected chi connectivity index (χ1v) is 20.0. The van der Waals surface area contributed by atoms with Crippen LogP contribution in [0.3, 0.4) is 0 Å². The lowest BCUT2D eigenvalue weighted by Crippen LogP contribution is -2.12. The molecule has 1 N–H and O–H groups in total. The molecule has 0 unspecified atom stereocenters. The van der Waals surface area contributed by atoms with E-state index in [9.17, 15) is 71.9 Å². The predicted molar refractivity (Wildman–Crippen MR) is 225 cm³/mol. The van der Waals surface area contributed by atoms with Gasteiger partial charge in [-0.2, -0.15) is 52.7 Å². The topological polar surface area (TPSA) is 159 Å². The Morgan fingerprint density at radius 1 is 0.543 bits per heavy atom. The van der Waals surface area contributed by atoms with Gasteiger partial charge in [-0.3, -0.25) is 14.4 Å². The van der Waals surface area contributed by atoms with Gasteiger partial charge in [0.15, 0.2) is 28.8 Å². The summed E-state index contributed by atoms with van der Waals surface area (Å²) in [6.45, 7) is 0.854. The highest BCUT2D eigenvalue weighted by Crippen LogP contribution is 2.40. The average molecular weight is 1090 g/mol. The van der Waals surface area contributed by atoms with Crippen LogP contribution in [0.5, 0.6) is 0 Å². The monoisotopic (exact) mass is 1080 g/mol. The molecule has 2 aromatic heterocycles. The van der Waals surface area contributed by atoms with E-state index in [-0.39, 0.29) is 56.8 Å². The molecule has 0 bridgehead atoms. The van der Waals surface area contributed by atoms with E-state index >= 15 is 0 Å². The number of aromatic nitrogens is 2. The highest BCUT2D eigenvalue weighted by atomic mass is 35.5. The number of nitrogens with zero attached hydrogens (tertiary/aromatic N) is 2. The van der Waals surface area contributed by atoms with Crippen LogP contribution < -0.4 is 0 Å². The SMILES string of the molecule is CC(=O)c1ccc(Cl)c(C(F)(F)F)c1.COC(=O)CC(=O)c1ccc(Cl)c(C(F)(F)F)c1.COC(=O)c1cc(-c2ccc(Cl)c(C(F)(F)F)c2)on1.OCc1cc(-c2ccc(Cl)c(C(F)(F)F)c2)on1. The number of Topliss-reactive ketones (excluding diaryl/α,β-unsaturated/α-hetero) is 2. The second kappa shape index (κ2) is 24.1. The first kappa shape index (κ1) is 58.2. The molecule has 0 atom stereocenters. The molecule has 0 saturated carbocycles. The summed E-state index contributed by atoms with van der Waals surface area (Å²) in [5.74, 6) is -2.60. The van der Waals surface area contributed by atoms with Crippen molar-refractivity contribution in [3.05, 3.63) is 150 Å². The summed E-state index contributed by atoms with van der Waals surface area (Å²) < 4.78 is 169. The van der Waals surface area contributed by atoms with Crippen molar-refractivity contribution in [1.29, 1.82) is 0 Å². The summed E-state index contributed by atoms with van der Waals surface area (Å²) in [4.78, 5) is 44.4. The molecule has 0 aliphatic carbocycles. The number of halogens is 16. The summed E-state index contributed by atoms with van der Waals surface area (Å²) in [6, 6.07) is 15.0. The van der Waals surface area contributed by atoms with E-state index in [1.54, 1.807) is 0 Å². The second-order valence-corrected chi connectivity index (χ2v) is 15.0. The standard InChI is InChI=1S/C12H7ClF3NO3.C11H7ClF3NO2.C11H8ClF3O3.C9H6ClF3O/c1-19-11(18)9-5-10(20-17-9)6-2-3-8(13)7(4-6)12(14,15)16;12-9-2-1-6(3-8(9)11(13,14)15)10-4-7(5-17)16-18-10;1-18-10(17)5-9(16)6-2-3-8(12)7(4-6)11(13,14)15;1-5(14)6-2-3-8(10)7(4-6)9(11,12)13/h2-5H,1H3;1-4,17H,5H2;2-4H,5H2,1H3;2-4H,1H3. The number of aliphatic hydroxyl groups excluding tert-OH is 1. The van der Waals surface area contributed by atoms with Crippen molar-refractivity contribution in [2.24, 2.45) is 0 Å². The third kappa shape index (κ3) is 16.5. The Kier molecular flexibility index (Phi) is 20.0. The highest BCUT2D eigenvalue weighted by Gasteiger charge is 2.36. The Labute approximate surface area is 405 Å². The van der Waals surface area contributed by atoms with Crippen LogP contribution in [0.4, 0.5) is 52.7 Å². The predicted octanol–water partition coefficient (Wildman–Crippen LogP) is 14.0. The van der Waals surface area contributed by atoms with Crippen molar-refractivity contribution < 1.29 is 95.5 Å². The van der Waals surface area contributed by atoms with Crippen molar-refractivity contribution >= 4 is 69.9 Å². The van der Waals surface area contributed by atoms with Crippen LogP contribution in [-0.4, -0.2) is 53.1 Å². The number of methoxy groups -OCH3 is 2.